The zero-order valence-electron chi connectivity index (χ0n) is 8.88. The first-order valence-electron chi connectivity index (χ1n) is 4.84. The van der Waals surface area contributed by atoms with E-state index in [2.05, 4.69) is 20.3 Å². The minimum atomic E-state index is 0.514. The number of nitrogens with zero attached hydrogens (tertiary/aromatic N) is 5. The smallest absolute Gasteiger partial charge is 0.249 e. The van der Waals surface area contributed by atoms with Gasteiger partial charge in [-0.15, -0.1) is 10.2 Å². The van der Waals surface area contributed by atoms with Crippen molar-refractivity contribution in [1.82, 2.24) is 24.8 Å². The molecule has 0 aromatic carbocycles. The predicted octanol–water partition coefficient (Wildman–Crippen LogP) is 1.40. The molecule has 6 heteroatoms. The molecule has 0 atom stereocenters. The van der Waals surface area contributed by atoms with Crippen LogP contribution in [0.3, 0.4) is 0 Å². The van der Waals surface area contributed by atoms with E-state index in [1.807, 2.05) is 13.1 Å². The lowest BCUT2D eigenvalue weighted by Crippen LogP contribution is -1.88. The summed E-state index contributed by atoms with van der Waals surface area (Å²) < 4.78 is 7.14. The summed E-state index contributed by atoms with van der Waals surface area (Å²) >= 11 is 0. The van der Waals surface area contributed by atoms with Crippen molar-refractivity contribution < 1.29 is 4.42 Å². The minimum Gasteiger partial charge on any atom is -0.421 e. The third kappa shape index (κ3) is 1.19. The van der Waals surface area contributed by atoms with Crippen molar-refractivity contribution in [1.29, 1.82) is 0 Å². The fourth-order valence-electron chi connectivity index (χ4n) is 1.66. The Labute approximate surface area is 90.9 Å². The molecule has 3 aromatic heterocycles. The molecule has 0 unspecified atom stereocenters. The third-order valence-electron chi connectivity index (χ3n) is 2.48. The van der Waals surface area contributed by atoms with Gasteiger partial charge in [-0.25, -0.2) is 9.50 Å². The average Bonchev–Trinajstić information content (AvgIpc) is 2.84. The molecule has 6 nitrogen and oxygen atoms in total. The molecule has 0 saturated carbocycles. The first-order chi connectivity index (χ1) is 7.75. The average molecular weight is 215 g/mol. The van der Waals surface area contributed by atoms with Crippen LogP contribution in [0.15, 0.2) is 23.1 Å². The molecule has 0 aliphatic rings. The molecule has 0 aliphatic heterocycles. The summed E-state index contributed by atoms with van der Waals surface area (Å²) in [4.78, 5) is 3.99. The summed E-state index contributed by atoms with van der Waals surface area (Å²) in [5, 5.41) is 11.9. The fraction of sp³-hybridized carbons (Fsp3) is 0.200. The van der Waals surface area contributed by atoms with Gasteiger partial charge in [-0.3, -0.25) is 0 Å². The van der Waals surface area contributed by atoms with Crippen LogP contribution in [0.25, 0.3) is 17.0 Å². The van der Waals surface area contributed by atoms with Crippen LogP contribution in [-0.2, 0) is 0 Å². The van der Waals surface area contributed by atoms with Gasteiger partial charge in [0, 0.05) is 13.1 Å². The van der Waals surface area contributed by atoms with E-state index in [9.17, 15) is 0 Å². The van der Waals surface area contributed by atoms with Gasteiger partial charge in [-0.1, -0.05) is 0 Å². The van der Waals surface area contributed by atoms with Gasteiger partial charge in [-0.05, 0) is 12.5 Å². The molecule has 16 heavy (non-hydrogen) atoms. The van der Waals surface area contributed by atoms with Crippen molar-refractivity contribution in [2.45, 2.75) is 13.8 Å². The molecule has 80 valence electrons. The van der Waals surface area contributed by atoms with E-state index in [4.69, 9.17) is 4.42 Å². The van der Waals surface area contributed by atoms with Gasteiger partial charge in [0.1, 0.15) is 6.33 Å². The Morgan fingerprint density at radius 3 is 2.81 bits per heavy atom. The zero-order valence-corrected chi connectivity index (χ0v) is 8.88. The number of hydrogen-bond donors (Lipinski definition) is 0. The van der Waals surface area contributed by atoms with Gasteiger partial charge in [0.2, 0.25) is 11.8 Å². The minimum absolute atomic E-state index is 0.514. The fourth-order valence-corrected chi connectivity index (χ4v) is 1.66. The number of hydrogen-bond acceptors (Lipinski definition) is 5. The molecule has 3 rings (SSSR count). The highest BCUT2D eigenvalue weighted by atomic mass is 16.4. The first-order valence-corrected chi connectivity index (χ1v) is 4.84. The van der Waals surface area contributed by atoms with E-state index < -0.39 is 0 Å². The normalized spacial score (nSPS) is 11.1. The van der Waals surface area contributed by atoms with Crippen molar-refractivity contribution in [2.75, 3.05) is 0 Å². The Balaban J connectivity index is 2.28. The summed E-state index contributed by atoms with van der Waals surface area (Å²) in [6, 6.07) is 0. The Morgan fingerprint density at radius 1 is 1.25 bits per heavy atom. The molecule has 0 fully saturated rings. The third-order valence-corrected chi connectivity index (χ3v) is 2.48. The van der Waals surface area contributed by atoms with Crippen LogP contribution in [0.4, 0.5) is 0 Å². The first kappa shape index (κ1) is 9.02. The van der Waals surface area contributed by atoms with Gasteiger partial charge in [0.05, 0.1) is 17.3 Å². The molecule has 0 radical (unpaired) electrons. The summed E-state index contributed by atoms with van der Waals surface area (Å²) in [6.07, 6.45) is 5.11. The van der Waals surface area contributed by atoms with Crippen molar-refractivity contribution in [2.24, 2.45) is 0 Å². The van der Waals surface area contributed by atoms with Crippen LogP contribution in [0.5, 0.6) is 0 Å². The number of rotatable bonds is 1. The molecule has 0 aliphatic carbocycles. The van der Waals surface area contributed by atoms with Gasteiger partial charge in [0.25, 0.3) is 0 Å². The maximum absolute atomic E-state index is 5.40. The van der Waals surface area contributed by atoms with Crippen molar-refractivity contribution in [3.63, 3.8) is 0 Å². The molecule has 0 saturated heterocycles. The molecule has 0 bridgehead atoms. The van der Waals surface area contributed by atoms with Crippen LogP contribution in [0.1, 0.15) is 11.5 Å². The molecular weight excluding hydrogens is 206 g/mol. The number of aromatic nitrogens is 5. The van der Waals surface area contributed by atoms with Gasteiger partial charge in [0.15, 0.2) is 0 Å². The summed E-state index contributed by atoms with van der Waals surface area (Å²) in [5.41, 5.74) is 2.86. The molecular formula is C10H9N5O. The summed E-state index contributed by atoms with van der Waals surface area (Å²) in [5.74, 6) is 1.07. The topological polar surface area (TPSA) is 69.1 Å². The highest BCUT2D eigenvalue weighted by Crippen LogP contribution is 2.25. The molecule has 0 N–H and O–H groups in total. The van der Waals surface area contributed by atoms with E-state index >= 15 is 0 Å². The second-order valence-electron chi connectivity index (χ2n) is 3.53. The molecule has 0 amide bonds. The van der Waals surface area contributed by atoms with E-state index in [0.29, 0.717) is 11.8 Å². The largest absolute Gasteiger partial charge is 0.421 e. The highest BCUT2D eigenvalue weighted by molar-refractivity contribution is 5.70. The van der Waals surface area contributed by atoms with Crippen LogP contribution in [0, 0.1) is 13.8 Å². The second-order valence-corrected chi connectivity index (χ2v) is 3.53. The lowest BCUT2D eigenvalue weighted by Gasteiger charge is -1.91. The quantitative estimate of drug-likeness (QED) is 0.613. The summed E-state index contributed by atoms with van der Waals surface area (Å²) in [6.45, 7) is 3.75. The Hall–Kier alpha value is -2.24. The van der Waals surface area contributed by atoms with Crippen molar-refractivity contribution in [3.05, 3.63) is 30.2 Å². The van der Waals surface area contributed by atoms with E-state index in [1.54, 1.807) is 17.6 Å². The summed E-state index contributed by atoms with van der Waals surface area (Å²) in [7, 11) is 0. The van der Waals surface area contributed by atoms with E-state index in [0.717, 1.165) is 16.6 Å². The van der Waals surface area contributed by atoms with Gasteiger partial charge >= 0.3 is 0 Å². The Kier molecular flexibility index (Phi) is 1.76. The van der Waals surface area contributed by atoms with Gasteiger partial charge < -0.3 is 4.42 Å². The number of fused-ring (bicyclic) bond motifs is 1. The molecule has 3 heterocycles. The van der Waals surface area contributed by atoms with E-state index in [1.165, 1.54) is 6.33 Å². The lowest BCUT2D eigenvalue weighted by molar-refractivity contribution is 0.532. The molecule has 3 aromatic rings. The second kappa shape index (κ2) is 3.13. The van der Waals surface area contributed by atoms with Crippen LogP contribution in [-0.4, -0.2) is 24.8 Å². The number of aryl methyl sites for hydroxylation is 2. The van der Waals surface area contributed by atoms with Crippen molar-refractivity contribution in [3.8, 4) is 11.5 Å². The predicted molar refractivity (Wildman–Crippen MR) is 55.8 cm³/mol. The van der Waals surface area contributed by atoms with Crippen LogP contribution < -0.4 is 0 Å². The van der Waals surface area contributed by atoms with Crippen molar-refractivity contribution >= 4 is 5.52 Å². The monoisotopic (exact) mass is 215 g/mol. The zero-order chi connectivity index (χ0) is 11.1. The van der Waals surface area contributed by atoms with Gasteiger partial charge in [-0.2, -0.15) is 5.10 Å². The van der Waals surface area contributed by atoms with Crippen LogP contribution in [0.2, 0.25) is 0 Å². The highest BCUT2D eigenvalue weighted by Gasteiger charge is 2.14. The van der Waals surface area contributed by atoms with E-state index in [-0.39, 0.29) is 0 Å². The maximum Gasteiger partial charge on any atom is 0.249 e. The standard InChI is InChI=1S/C10H9N5O/c1-6-8(10-14-13-7(2)16-10)4-15-9(6)3-11-5-12-15/h3-5H,1-2H3. The molecule has 0 spiro atoms. The Bertz CT molecular complexity index is 654. The lowest BCUT2D eigenvalue weighted by atomic mass is 10.2. The SMILES string of the molecule is Cc1nnc(-c2cn3ncncc3c2C)o1. The Morgan fingerprint density at radius 2 is 2.12 bits per heavy atom. The maximum atomic E-state index is 5.40. The van der Waals surface area contributed by atoms with Crippen LogP contribution >= 0.6 is 0 Å².